The lowest BCUT2D eigenvalue weighted by molar-refractivity contribution is 0.0579. The Morgan fingerprint density at radius 2 is 2.05 bits per heavy atom. The van der Waals surface area contributed by atoms with Crippen molar-refractivity contribution < 1.29 is 9.53 Å². The molecule has 1 aliphatic heterocycles. The van der Waals surface area contributed by atoms with Crippen LogP contribution in [0.3, 0.4) is 0 Å². The summed E-state index contributed by atoms with van der Waals surface area (Å²) in [5, 5.41) is 0. The van der Waals surface area contributed by atoms with E-state index in [-0.39, 0.29) is 6.09 Å². The molecule has 1 amide bonds. The second kappa shape index (κ2) is 5.19. The molecule has 0 saturated carbocycles. The van der Waals surface area contributed by atoms with Crippen molar-refractivity contribution in [2.75, 3.05) is 11.4 Å². The largest absolute Gasteiger partial charge is 0.443 e. The Bertz CT molecular complexity index is 478. The number of aryl methyl sites for hydroxylation is 2. The van der Waals surface area contributed by atoms with Crippen LogP contribution in [0.1, 0.15) is 44.9 Å². The van der Waals surface area contributed by atoms with Crippen LogP contribution in [-0.2, 0) is 11.2 Å². The maximum atomic E-state index is 12.3. The second-order valence-corrected chi connectivity index (χ2v) is 6.02. The van der Waals surface area contributed by atoms with Crippen LogP contribution in [0.25, 0.3) is 0 Å². The molecule has 0 N–H and O–H groups in total. The Labute approximate surface area is 114 Å². The van der Waals surface area contributed by atoms with Crippen molar-refractivity contribution in [1.29, 1.82) is 0 Å². The third-order valence-electron chi connectivity index (χ3n) is 3.04. The number of pyridine rings is 1. The zero-order valence-corrected chi connectivity index (χ0v) is 12.2. The van der Waals surface area contributed by atoms with Crippen LogP contribution in [0.4, 0.5) is 10.6 Å². The minimum absolute atomic E-state index is 0.297. The molecule has 0 unspecified atom stereocenters. The van der Waals surface area contributed by atoms with Crippen LogP contribution >= 0.6 is 0 Å². The normalized spacial score (nSPS) is 15.7. The number of amides is 1. The zero-order chi connectivity index (χ0) is 14.0. The van der Waals surface area contributed by atoms with Gasteiger partial charge in [0.05, 0.1) is 0 Å². The molecule has 104 valence electrons. The van der Waals surface area contributed by atoms with Gasteiger partial charge in [0.25, 0.3) is 0 Å². The molecule has 1 aromatic heterocycles. The molecule has 0 atom stereocenters. The number of hydrogen-bond donors (Lipinski definition) is 0. The molecule has 19 heavy (non-hydrogen) atoms. The molecule has 4 heteroatoms. The van der Waals surface area contributed by atoms with E-state index in [1.165, 1.54) is 0 Å². The maximum Gasteiger partial charge on any atom is 0.416 e. The molecule has 4 nitrogen and oxygen atoms in total. The lowest BCUT2D eigenvalue weighted by Crippen LogP contribution is -2.38. The number of fused-ring (bicyclic) bond motifs is 1. The van der Waals surface area contributed by atoms with E-state index in [1.807, 2.05) is 33.8 Å². The number of aromatic nitrogens is 1. The van der Waals surface area contributed by atoms with Gasteiger partial charge in [-0.05, 0) is 58.6 Å². The fraction of sp³-hybridized carbons (Fsp3) is 0.600. The van der Waals surface area contributed by atoms with Crippen LogP contribution in [0.2, 0.25) is 0 Å². The van der Waals surface area contributed by atoms with Crippen molar-refractivity contribution >= 4 is 11.9 Å². The molecule has 2 rings (SSSR count). The van der Waals surface area contributed by atoms with Gasteiger partial charge in [-0.2, -0.15) is 0 Å². The van der Waals surface area contributed by atoms with Gasteiger partial charge in [-0.25, -0.2) is 9.78 Å². The summed E-state index contributed by atoms with van der Waals surface area (Å²) in [5.41, 5.74) is 1.58. The summed E-state index contributed by atoms with van der Waals surface area (Å²) in [6.07, 6.45) is 2.74. The first-order valence-corrected chi connectivity index (χ1v) is 6.84. The van der Waals surface area contributed by atoms with Gasteiger partial charge in [0, 0.05) is 12.2 Å². The van der Waals surface area contributed by atoms with Crippen LogP contribution in [0.15, 0.2) is 12.1 Å². The number of anilines is 1. The first-order chi connectivity index (χ1) is 8.87. The van der Waals surface area contributed by atoms with Gasteiger partial charge in [0.2, 0.25) is 0 Å². The van der Waals surface area contributed by atoms with Gasteiger partial charge < -0.3 is 4.74 Å². The van der Waals surface area contributed by atoms with Gasteiger partial charge in [0.15, 0.2) is 0 Å². The standard InChI is InChI=1S/C15H22N2O2/c1-11-8-9-12-7-5-6-10-17(13(12)16-11)14(18)19-15(2,3)4/h8-9H,5-7,10H2,1-4H3. The summed E-state index contributed by atoms with van der Waals surface area (Å²) in [5.74, 6) is 0.770. The van der Waals surface area contributed by atoms with E-state index < -0.39 is 5.60 Å². The number of nitrogens with zero attached hydrogens (tertiary/aromatic N) is 2. The molecule has 0 bridgehead atoms. The number of rotatable bonds is 0. The van der Waals surface area contributed by atoms with Crippen LogP contribution in [0, 0.1) is 6.92 Å². The highest BCUT2D eigenvalue weighted by Crippen LogP contribution is 2.26. The lowest BCUT2D eigenvalue weighted by Gasteiger charge is -2.26. The molecule has 0 spiro atoms. The quantitative estimate of drug-likeness (QED) is 0.719. The number of ether oxygens (including phenoxy) is 1. The third-order valence-corrected chi connectivity index (χ3v) is 3.04. The molecule has 1 aromatic rings. The number of hydrogen-bond acceptors (Lipinski definition) is 3. The average molecular weight is 262 g/mol. The monoisotopic (exact) mass is 262 g/mol. The average Bonchev–Trinajstić information content (AvgIpc) is 2.48. The predicted octanol–water partition coefficient (Wildman–Crippen LogP) is 3.47. The molecule has 0 fully saturated rings. The molecule has 0 aromatic carbocycles. The maximum absolute atomic E-state index is 12.3. The lowest BCUT2D eigenvalue weighted by atomic mass is 10.1. The van der Waals surface area contributed by atoms with Crippen molar-refractivity contribution in [1.82, 2.24) is 4.98 Å². The smallest absolute Gasteiger partial charge is 0.416 e. The van der Waals surface area contributed by atoms with E-state index in [1.54, 1.807) is 4.90 Å². The van der Waals surface area contributed by atoms with Gasteiger partial charge >= 0.3 is 6.09 Å². The Morgan fingerprint density at radius 3 is 2.74 bits per heavy atom. The highest BCUT2D eigenvalue weighted by molar-refractivity contribution is 5.87. The van der Waals surface area contributed by atoms with Crippen molar-refractivity contribution in [3.63, 3.8) is 0 Å². The number of carbonyl (C=O) groups excluding carboxylic acids is 1. The minimum atomic E-state index is -0.479. The summed E-state index contributed by atoms with van der Waals surface area (Å²) in [4.78, 5) is 18.5. The molecule has 2 heterocycles. The Morgan fingerprint density at radius 1 is 1.32 bits per heavy atom. The van der Waals surface area contributed by atoms with E-state index in [2.05, 4.69) is 11.1 Å². The van der Waals surface area contributed by atoms with Gasteiger partial charge in [-0.3, -0.25) is 4.90 Å². The number of carbonyl (C=O) groups is 1. The molecule has 1 aliphatic rings. The van der Waals surface area contributed by atoms with E-state index in [0.29, 0.717) is 6.54 Å². The van der Waals surface area contributed by atoms with Crippen LogP contribution in [0.5, 0.6) is 0 Å². The van der Waals surface area contributed by atoms with Crippen molar-refractivity contribution in [3.05, 3.63) is 23.4 Å². The topological polar surface area (TPSA) is 42.4 Å². The first-order valence-electron chi connectivity index (χ1n) is 6.84. The summed E-state index contributed by atoms with van der Waals surface area (Å²) < 4.78 is 5.48. The molecular formula is C15H22N2O2. The minimum Gasteiger partial charge on any atom is -0.443 e. The molecule has 0 radical (unpaired) electrons. The zero-order valence-electron chi connectivity index (χ0n) is 12.2. The predicted molar refractivity (Wildman–Crippen MR) is 75.5 cm³/mol. The van der Waals surface area contributed by atoms with Gasteiger partial charge in [0.1, 0.15) is 11.4 Å². The van der Waals surface area contributed by atoms with Crippen LogP contribution in [-0.4, -0.2) is 23.2 Å². The van der Waals surface area contributed by atoms with Crippen molar-refractivity contribution in [2.24, 2.45) is 0 Å². The Kier molecular flexibility index (Phi) is 3.78. The van der Waals surface area contributed by atoms with E-state index in [4.69, 9.17) is 4.74 Å². The van der Waals surface area contributed by atoms with Crippen LogP contribution < -0.4 is 4.90 Å². The van der Waals surface area contributed by atoms with E-state index in [9.17, 15) is 4.79 Å². The Hall–Kier alpha value is -1.58. The first kappa shape index (κ1) is 13.8. The van der Waals surface area contributed by atoms with Gasteiger partial charge in [-0.1, -0.05) is 6.07 Å². The van der Waals surface area contributed by atoms with Crippen molar-refractivity contribution in [2.45, 2.75) is 52.6 Å². The fourth-order valence-corrected chi connectivity index (χ4v) is 2.19. The van der Waals surface area contributed by atoms with E-state index >= 15 is 0 Å². The Balaban J connectivity index is 2.31. The fourth-order valence-electron chi connectivity index (χ4n) is 2.19. The summed E-state index contributed by atoms with van der Waals surface area (Å²) in [6.45, 7) is 8.27. The van der Waals surface area contributed by atoms with Gasteiger partial charge in [-0.15, -0.1) is 0 Å². The van der Waals surface area contributed by atoms with E-state index in [0.717, 1.165) is 36.3 Å². The highest BCUT2D eigenvalue weighted by atomic mass is 16.6. The SMILES string of the molecule is Cc1ccc2c(n1)N(C(=O)OC(C)(C)C)CCCC2. The summed E-state index contributed by atoms with van der Waals surface area (Å²) in [7, 11) is 0. The highest BCUT2D eigenvalue weighted by Gasteiger charge is 2.27. The molecular weight excluding hydrogens is 240 g/mol. The second-order valence-electron chi connectivity index (χ2n) is 6.02. The summed E-state index contributed by atoms with van der Waals surface area (Å²) >= 11 is 0. The summed E-state index contributed by atoms with van der Waals surface area (Å²) in [6, 6.07) is 4.07. The third kappa shape index (κ3) is 3.46. The molecule has 0 aliphatic carbocycles. The van der Waals surface area contributed by atoms with Crippen molar-refractivity contribution in [3.8, 4) is 0 Å². The molecule has 0 saturated heterocycles.